The third kappa shape index (κ3) is 3.43. The molecular formula is C17H26N2OS. The van der Waals surface area contributed by atoms with Crippen LogP contribution in [0.3, 0.4) is 0 Å². The van der Waals surface area contributed by atoms with Crippen LogP contribution < -0.4 is 5.32 Å². The standard InChI is InChI=1S/C17H26N2OS/c1-5-12(2)15-17(20)19(13(3)11-21-4)16(18-15)14-9-7-6-8-10-14/h6-10,12-13,15-16,18H,5,11H2,1-4H3. The predicted octanol–water partition coefficient (Wildman–Crippen LogP) is 3.28. The van der Waals surface area contributed by atoms with Crippen molar-refractivity contribution in [2.75, 3.05) is 12.0 Å². The first-order chi connectivity index (χ1) is 10.1. The molecule has 1 aromatic carbocycles. The van der Waals surface area contributed by atoms with Crippen LogP contribution in [-0.4, -0.2) is 34.9 Å². The molecule has 1 N–H and O–H groups in total. The molecule has 4 atom stereocenters. The Morgan fingerprint density at radius 2 is 1.95 bits per heavy atom. The van der Waals surface area contributed by atoms with E-state index in [0.717, 1.165) is 12.2 Å². The molecule has 0 aliphatic carbocycles. The molecule has 0 bridgehead atoms. The van der Waals surface area contributed by atoms with Crippen LogP contribution in [0.15, 0.2) is 30.3 Å². The smallest absolute Gasteiger partial charge is 0.241 e. The van der Waals surface area contributed by atoms with Crippen LogP contribution in [0.25, 0.3) is 0 Å². The van der Waals surface area contributed by atoms with Gasteiger partial charge in [0.1, 0.15) is 6.17 Å². The highest BCUT2D eigenvalue weighted by Gasteiger charge is 2.43. The van der Waals surface area contributed by atoms with E-state index in [1.165, 1.54) is 5.56 Å². The van der Waals surface area contributed by atoms with Gasteiger partial charge in [-0.15, -0.1) is 0 Å². The van der Waals surface area contributed by atoms with Gasteiger partial charge in [0.05, 0.1) is 6.04 Å². The van der Waals surface area contributed by atoms with Crippen molar-refractivity contribution in [2.24, 2.45) is 5.92 Å². The molecule has 3 nitrogen and oxygen atoms in total. The van der Waals surface area contributed by atoms with Crippen molar-refractivity contribution in [3.8, 4) is 0 Å². The Kier molecular flexibility index (Phi) is 5.71. The molecule has 1 aliphatic heterocycles. The molecule has 0 saturated carbocycles. The number of amides is 1. The van der Waals surface area contributed by atoms with E-state index in [-0.39, 0.29) is 24.2 Å². The van der Waals surface area contributed by atoms with Gasteiger partial charge in [0.15, 0.2) is 0 Å². The van der Waals surface area contributed by atoms with E-state index in [9.17, 15) is 4.79 Å². The molecule has 4 heteroatoms. The zero-order chi connectivity index (χ0) is 15.4. The summed E-state index contributed by atoms with van der Waals surface area (Å²) >= 11 is 1.79. The highest BCUT2D eigenvalue weighted by molar-refractivity contribution is 7.98. The average Bonchev–Trinajstić information content (AvgIpc) is 2.85. The van der Waals surface area contributed by atoms with E-state index < -0.39 is 0 Å². The van der Waals surface area contributed by atoms with Gasteiger partial charge in [-0.1, -0.05) is 50.6 Å². The molecule has 2 rings (SSSR count). The molecule has 0 spiro atoms. The van der Waals surface area contributed by atoms with Crippen molar-refractivity contribution in [3.05, 3.63) is 35.9 Å². The molecule has 1 fully saturated rings. The monoisotopic (exact) mass is 306 g/mol. The Morgan fingerprint density at radius 1 is 1.29 bits per heavy atom. The summed E-state index contributed by atoms with van der Waals surface area (Å²) in [6, 6.07) is 10.5. The summed E-state index contributed by atoms with van der Waals surface area (Å²) in [5, 5.41) is 3.56. The number of thioether (sulfide) groups is 1. The molecule has 1 saturated heterocycles. The second kappa shape index (κ2) is 7.32. The maximum Gasteiger partial charge on any atom is 0.241 e. The van der Waals surface area contributed by atoms with Crippen molar-refractivity contribution in [2.45, 2.75) is 45.4 Å². The first kappa shape index (κ1) is 16.4. The number of carbonyl (C=O) groups excluding carboxylic acids is 1. The molecule has 1 aromatic rings. The number of benzene rings is 1. The molecule has 1 aliphatic rings. The van der Waals surface area contributed by atoms with Gasteiger partial charge in [0.25, 0.3) is 0 Å². The topological polar surface area (TPSA) is 32.3 Å². The molecule has 1 amide bonds. The number of rotatable bonds is 6. The number of hydrogen-bond acceptors (Lipinski definition) is 3. The van der Waals surface area contributed by atoms with Crippen LogP contribution in [0.5, 0.6) is 0 Å². The van der Waals surface area contributed by atoms with Crippen molar-refractivity contribution in [1.29, 1.82) is 0 Å². The minimum absolute atomic E-state index is 0.000139. The normalized spacial score (nSPS) is 25.1. The maximum atomic E-state index is 12.9. The van der Waals surface area contributed by atoms with Crippen molar-refractivity contribution < 1.29 is 4.79 Å². The molecule has 0 aromatic heterocycles. The quantitative estimate of drug-likeness (QED) is 0.875. The minimum atomic E-state index is -0.0653. The summed E-state index contributed by atoms with van der Waals surface area (Å²) in [5.74, 6) is 1.57. The fraction of sp³-hybridized carbons (Fsp3) is 0.588. The number of nitrogens with one attached hydrogen (secondary N) is 1. The zero-order valence-corrected chi connectivity index (χ0v) is 14.2. The lowest BCUT2D eigenvalue weighted by Crippen LogP contribution is -2.40. The van der Waals surface area contributed by atoms with Gasteiger partial charge in [-0.05, 0) is 24.7 Å². The van der Waals surface area contributed by atoms with Gasteiger partial charge in [-0.3, -0.25) is 10.1 Å². The summed E-state index contributed by atoms with van der Waals surface area (Å²) in [5.41, 5.74) is 1.17. The fourth-order valence-corrected chi connectivity index (χ4v) is 3.58. The van der Waals surface area contributed by atoms with Crippen LogP contribution in [0.1, 0.15) is 38.9 Å². The van der Waals surface area contributed by atoms with E-state index in [1.807, 2.05) is 23.1 Å². The third-order valence-corrected chi connectivity index (χ3v) is 5.16. The Labute approximate surface area is 132 Å². The highest BCUT2D eigenvalue weighted by atomic mass is 32.2. The Morgan fingerprint density at radius 3 is 2.52 bits per heavy atom. The van der Waals surface area contributed by atoms with Crippen LogP contribution in [-0.2, 0) is 4.79 Å². The molecule has 21 heavy (non-hydrogen) atoms. The van der Waals surface area contributed by atoms with Crippen LogP contribution in [0, 0.1) is 5.92 Å². The zero-order valence-electron chi connectivity index (χ0n) is 13.4. The minimum Gasteiger partial charge on any atom is -0.318 e. The highest BCUT2D eigenvalue weighted by Crippen LogP contribution is 2.31. The SMILES string of the molecule is CCC(C)C1NC(c2ccccc2)N(C(C)CSC)C1=O. The first-order valence-corrected chi connectivity index (χ1v) is 9.11. The van der Waals surface area contributed by atoms with Gasteiger partial charge < -0.3 is 4.90 Å². The largest absolute Gasteiger partial charge is 0.318 e. The molecule has 1 heterocycles. The van der Waals surface area contributed by atoms with E-state index in [2.05, 4.69) is 44.5 Å². The Bertz CT molecular complexity index is 465. The lowest BCUT2D eigenvalue weighted by atomic mass is 9.99. The van der Waals surface area contributed by atoms with E-state index in [1.54, 1.807) is 11.8 Å². The van der Waals surface area contributed by atoms with Crippen molar-refractivity contribution in [1.82, 2.24) is 10.2 Å². The lowest BCUT2D eigenvalue weighted by Gasteiger charge is -2.30. The van der Waals surface area contributed by atoms with Crippen LogP contribution >= 0.6 is 11.8 Å². The molecule has 4 unspecified atom stereocenters. The van der Waals surface area contributed by atoms with Gasteiger partial charge >= 0.3 is 0 Å². The summed E-state index contributed by atoms with van der Waals surface area (Å²) in [7, 11) is 0. The lowest BCUT2D eigenvalue weighted by molar-refractivity contribution is -0.132. The summed E-state index contributed by atoms with van der Waals surface area (Å²) in [6.45, 7) is 6.44. The average molecular weight is 306 g/mol. The van der Waals surface area contributed by atoms with E-state index in [0.29, 0.717) is 5.92 Å². The molecule has 0 radical (unpaired) electrons. The van der Waals surface area contributed by atoms with Crippen LogP contribution in [0.2, 0.25) is 0 Å². The van der Waals surface area contributed by atoms with Gasteiger partial charge in [0.2, 0.25) is 5.91 Å². The fourth-order valence-electron chi connectivity index (χ4n) is 2.94. The van der Waals surface area contributed by atoms with E-state index >= 15 is 0 Å². The Balaban J connectivity index is 2.29. The summed E-state index contributed by atoms with van der Waals surface area (Å²) < 4.78 is 0. The van der Waals surface area contributed by atoms with Gasteiger partial charge in [-0.2, -0.15) is 11.8 Å². The second-order valence-electron chi connectivity index (χ2n) is 5.89. The number of hydrogen-bond donors (Lipinski definition) is 1. The van der Waals surface area contributed by atoms with Crippen molar-refractivity contribution in [3.63, 3.8) is 0 Å². The van der Waals surface area contributed by atoms with E-state index in [4.69, 9.17) is 0 Å². The Hall–Kier alpha value is -1.00. The molecular weight excluding hydrogens is 280 g/mol. The third-order valence-electron chi connectivity index (χ3n) is 4.35. The van der Waals surface area contributed by atoms with Crippen molar-refractivity contribution >= 4 is 17.7 Å². The van der Waals surface area contributed by atoms with Gasteiger partial charge in [-0.25, -0.2) is 0 Å². The summed E-state index contributed by atoms with van der Waals surface area (Å²) in [6.07, 6.45) is 3.10. The van der Waals surface area contributed by atoms with Crippen LogP contribution in [0.4, 0.5) is 0 Å². The summed E-state index contributed by atoms with van der Waals surface area (Å²) in [4.78, 5) is 14.9. The number of nitrogens with zero attached hydrogens (tertiary/aromatic N) is 1. The number of carbonyl (C=O) groups is 1. The van der Waals surface area contributed by atoms with Gasteiger partial charge in [0, 0.05) is 11.8 Å². The predicted molar refractivity (Wildman–Crippen MR) is 90.3 cm³/mol. The second-order valence-corrected chi connectivity index (χ2v) is 6.80. The molecule has 116 valence electrons. The maximum absolute atomic E-state index is 12.9. The first-order valence-electron chi connectivity index (χ1n) is 7.72.